The van der Waals surface area contributed by atoms with E-state index in [0.29, 0.717) is 6.42 Å². The first-order valence-electron chi connectivity index (χ1n) is 4.58. The third-order valence-electron chi connectivity index (χ3n) is 1.98. The molecule has 1 aromatic rings. The van der Waals surface area contributed by atoms with Crippen molar-refractivity contribution in [2.75, 3.05) is 6.54 Å². The van der Waals surface area contributed by atoms with E-state index >= 15 is 0 Å². The highest BCUT2D eigenvalue weighted by molar-refractivity contribution is 5.32. The van der Waals surface area contributed by atoms with E-state index in [1.54, 1.807) is 0 Å². The molecule has 74 valence electrons. The van der Waals surface area contributed by atoms with E-state index in [1.807, 2.05) is 30.3 Å². The van der Waals surface area contributed by atoms with Crippen molar-refractivity contribution >= 4 is 6.08 Å². The van der Waals surface area contributed by atoms with Crippen molar-refractivity contribution in [3.63, 3.8) is 0 Å². The number of rotatable bonds is 5. The molecule has 1 N–H and O–H groups in total. The van der Waals surface area contributed by atoms with Gasteiger partial charge in [-0.25, -0.2) is 9.79 Å². The van der Waals surface area contributed by atoms with Gasteiger partial charge in [-0.2, -0.15) is 0 Å². The van der Waals surface area contributed by atoms with Gasteiger partial charge in [-0.05, 0) is 18.4 Å². The summed E-state index contributed by atoms with van der Waals surface area (Å²) in [5, 5.41) is 9.37. The summed E-state index contributed by atoms with van der Waals surface area (Å²) in [6, 6.07) is 9.90. The van der Waals surface area contributed by atoms with Crippen LogP contribution in [0.1, 0.15) is 12.0 Å². The van der Waals surface area contributed by atoms with Crippen LogP contribution >= 0.6 is 0 Å². The summed E-state index contributed by atoms with van der Waals surface area (Å²) in [7, 11) is 0. The predicted molar refractivity (Wildman–Crippen MR) is 53.8 cm³/mol. The Hall–Kier alpha value is -1.44. The highest BCUT2D eigenvalue weighted by Gasteiger charge is 2.02. The van der Waals surface area contributed by atoms with Gasteiger partial charge in [0.1, 0.15) is 0 Å². The zero-order valence-electron chi connectivity index (χ0n) is 7.89. The Kier molecular flexibility index (Phi) is 4.62. The minimum absolute atomic E-state index is 0.149. The average molecular weight is 191 g/mol. The van der Waals surface area contributed by atoms with Gasteiger partial charge in [-0.15, -0.1) is 0 Å². The first-order chi connectivity index (χ1) is 6.83. The summed E-state index contributed by atoms with van der Waals surface area (Å²) in [6.45, 7) is 0.149. The monoisotopic (exact) mass is 191 g/mol. The molecule has 1 aromatic carbocycles. The Labute approximate surface area is 83.1 Å². The van der Waals surface area contributed by atoms with E-state index in [9.17, 15) is 9.90 Å². The Bertz CT molecular complexity index is 304. The third kappa shape index (κ3) is 3.99. The van der Waals surface area contributed by atoms with Crippen molar-refractivity contribution in [1.82, 2.24) is 0 Å². The molecule has 0 amide bonds. The lowest BCUT2D eigenvalue weighted by Gasteiger charge is -2.05. The maximum Gasteiger partial charge on any atom is 0.235 e. The third-order valence-corrected chi connectivity index (χ3v) is 1.98. The van der Waals surface area contributed by atoms with Crippen molar-refractivity contribution < 1.29 is 9.90 Å². The molecule has 1 unspecified atom stereocenters. The number of aliphatic hydroxyl groups is 1. The number of aliphatic hydroxyl groups excluding tert-OH is 1. The molecule has 1 atom stereocenters. The number of nitrogens with zero attached hydrogens (tertiary/aromatic N) is 1. The molecule has 14 heavy (non-hydrogen) atoms. The van der Waals surface area contributed by atoms with Crippen LogP contribution < -0.4 is 0 Å². The molecule has 0 saturated carbocycles. The molecule has 0 saturated heterocycles. The summed E-state index contributed by atoms with van der Waals surface area (Å²) in [6.07, 6.45) is 2.29. The second kappa shape index (κ2) is 6.08. The smallest absolute Gasteiger partial charge is 0.235 e. The average Bonchev–Trinajstić information content (AvgIpc) is 2.25. The van der Waals surface area contributed by atoms with Gasteiger partial charge < -0.3 is 5.11 Å². The van der Waals surface area contributed by atoms with E-state index in [0.717, 1.165) is 6.42 Å². The van der Waals surface area contributed by atoms with E-state index in [2.05, 4.69) is 4.99 Å². The Morgan fingerprint density at radius 2 is 2.07 bits per heavy atom. The maximum absolute atomic E-state index is 9.78. The van der Waals surface area contributed by atoms with Gasteiger partial charge in [-0.1, -0.05) is 30.3 Å². The summed E-state index contributed by atoms with van der Waals surface area (Å²) in [5.41, 5.74) is 1.18. The number of hydrogen-bond acceptors (Lipinski definition) is 3. The lowest BCUT2D eigenvalue weighted by molar-refractivity contribution is 0.173. The quantitative estimate of drug-likeness (QED) is 0.563. The number of carbonyl (C=O) groups excluding carboxylic acids is 1. The Balaban J connectivity index is 2.30. The van der Waals surface area contributed by atoms with Crippen LogP contribution in [-0.4, -0.2) is 23.8 Å². The minimum atomic E-state index is -0.545. The van der Waals surface area contributed by atoms with Crippen LogP contribution in [-0.2, 0) is 11.2 Å². The number of isocyanates is 1. The molecular weight excluding hydrogens is 178 g/mol. The van der Waals surface area contributed by atoms with Crippen LogP contribution in [0.2, 0.25) is 0 Å². The van der Waals surface area contributed by atoms with Crippen LogP contribution in [0.15, 0.2) is 35.3 Å². The second-order valence-electron chi connectivity index (χ2n) is 3.11. The van der Waals surface area contributed by atoms with E-state index in [4.69, 9.17) is 0 Å². The molecule has 0 aromatic heterocycles. The fourth-order valence-corrected chi connectivity index (χ4v) is 1.21. The largest absolute Gasteiger partial charge is 0.391 e. The van der Waals surface area contributed by atoms with Gasteiger partial charge in [0.15, 0.2) is 0 Å². The highest BCUT2D eigenvalue weighted by atomic mass is 16.3. The summed E-state index contributed by atoms with van der Waals surface area (Å²) < 4.78 is 0. The number of hydrogen-bond donors (Lipinski definition) is 1. The van der Waals surface area contributed by atoms with Gasteiger partial charge in [0.2, 0.25) is 6.08 Å². The summed E-state index contributed by atoms with van der Waals surface area (Å²) >= 11 is 0. The van der Waals surface area contributed by atoms with Crippen molar-refractivity contribution in [3.8, 4) is 0 Å². The first kappa shape index (κ1) is 10.6. The van der Waals surface area contributed by atoms with Crippen molar-refractivity contribution in [2.45, 2.75) is 18.9 Å². The number of aliphatic imine (C=N–C) groups is 1. The summed E-state index contributed by atoms with van der Waals surface area (Å²) in [4.78, 5) is 13.1. The fourth-order valence-electron chi connectivity index (χ4n) is 1.21. The normalized spacial score (nSPS) is 11.8. The lowest BCUT2D eigenvalue weighted by atomic mass is 10.1. The molecule has 0 fully saturated rings. The maximum atomic E-state index is 9.78. The molecule has 1 rings (SSSR count). The molecular formula is C11H13NO2. The predicted octanol–water partition coefficient (Wildman–Crippen LogP) is 1.32. The highest BCUT2D eigenvalue weighted by Crippen LogP contribution is 2.04. The van der Waals surface area contributed by atoms with Gasteiger partial charge in [0.25, 0.3) is 0 Å². The number of aryl methyl sites for hydroxylation is 1. The Morgan fingerprint density at radius 1 is 1.36 bits per heavy atom. The number of benzene rings is 1. The van der Waals surface area contributed by atoms with E-state index in [1.165, 1.54) is 11.6 Å². The fraction of sp³-hybridized carbons (Fsp3) is 0.364. The van der Waals surface area contributed by atoms with E-state index in [-0.39, 0.29) is 6.54 Å². The van der Waals surface area contributed by atoms with Gasteiger partial charge in [0.05, 0.1) is 12.6 Å². The first-order valence-corrected chi connectivity index (χ1v) is 4.58. The van der Waals surface area contributed by atoms with Gasteiger partial charge in [-0.3, -0.25) is 0 Å². The molecule has 0 aliphatic carbocycles. The van der Waals surface area contributed by atoms with Crippen LogP contribution in [0.3, 0.4) is 0 Å². The second-order valence-corrected chi connectivity index (χ2v) is 3.11. The minimum Gasteiger partial charge on any atom is -0.391 e. The van der Waals surface area contributed by atoms with Crippen LogP contribution in [0.4, 0.5) is 0 Å². The molecule has 0 spiro atoms. The molecule has 3 heteroatoms. The molecule has 0 aliphatic rings. The lowest BCUT2D eigenvalue weighted by Crippen LogP contribution is -2.11. The summed E-state index contributed by atoms with van der Waals surface area (Å²) in [5.74, 6) is 0. The molecule has 0 aliphatic heterocycles. The SMILES string of the molecule is O=C=NCC(O)CCc1ccccc1. The standard InChI is InChI=1S/C11H13NO2/c13-9-12-8-11(14)7-6-10-4-2-1-3-5-10/h1-5,11,14H,6-8H2. The molecule has 0 radical (unpaired) electrons. The molecule has 3 nitrogen and oxygen atoms in total. The Morgan fingerprint density at radius 3 is 2.71 bits per heavy atom. The van der Waals surface area contributed by atoms with Crippen molar-refractivity contribution in [1.29, 1.82) is 0 Å². The van der Waals surface area contributed by atoms with Crippen molar-refractivity contribution in [2.24, 2.45) is 4.99 Å². The zero-order valence-corrected chi connectivity index (χ0v) is 7.89. The topological polar surface area (TPSA) is 49.7 Å². The van der Waals surface area contributed by atoms with Crippen LogP contribution in [0, 0.1) is 0 Å². The van der Waals surface area contributed by atoms with Crippen molar-refractivity contribution in [3.05, 3.63) is 35.9 Å². The van der Waals surface area contributed by atoms with Gasteiger partial charge in [0, 0.05) is 0 Å². The van der Waals surface area contributed by atoms with E-state index < -0.39 is 6.10 Å². The molecule has 0 bridgehead atoms. The zero-order chi connectivity index (χ0) is 10.2. The van der Waals surface area contributed by atoms with Crippen LogP contribution in [0.25, 0.3) is 0 Å². The van der Waals surface area contributed by atoms with Crippen LogP contribution in [0.5, 0.6) is 0 Å². The molecule has 0 heterocycles. The van der Waals surface area contributed by atoms with Gasteiger partial charge >= 0.3 is 0 Å².